The number of hydrazine groups is 1. The third-order valence-corrected chi connectivity index (χ3v) is 2.50. The Kier molecular flexibility index (Phi) is 1.74. The molecule has 5 heteroatoms. The number of nitrogens with two attached hydrogens (primary N) is 1. The Bertz CT molecular complexity index is 170. The van der Waals surface area contributed by atoms with Gasteiger partial charge < -0.3 is 0 Å². The zero-order valence-electron chi connectivity index (χ0n) is 4.83. The molecule has 1 aliphatic rings. The van der Waals surface area contributed by atoms with E-state index in [0.29, 0.717) is 4.32 Å². The molecule has 9 heavy (non-hydrogen) atoms. The number of rotatable bonds is 0. The molecule has 50 valence electrons. The number of carbonyl (C=O) groups is 1. The highest BCUT2D eigenvalue weighted by Crippen LogP contribution is 2.23. The van der Waals surface area contributed by atoms with Gasteiger partial charge in [0.2, 0.25) is 0 Å². The predicted molar refractivity (Wildman–Crippen MR) is 40.7 cm³/mol. The Hall–Kier alpha value is -0.130. The predicted octanol–water partition coefficient (Wildman–Crippen LogP) is 0.109. The van der Waals surface area contributed by atoms with Gasteiger partial charge in [-0.2, -0.15) is 0 Å². The molecule has 0 aromatic carbocycles. The number of carbonyl (C=O) groups excluding carboxylic acids is 1. The first kappa shape index (κ1) is 6.98. The van der Waals surface area contributed by atoms with Gasteiger partial charge in [-0.15, -0.1) is 0 Å². The molecule has 0 unspecified atom stereocenters. The smallest absolute Gasteiger partial charge is 0.255 e. The van der Waals surface area contributed by atoms with Crippen LogP contribution in [0.5, 0.6) is 0 Å². The van der Waals surface area contributed by atoms with Gasteiger partial charge in [0.1, 0.15) is 0 Å². The Balaban J connectivity index is 2.77. The van der Waals surface area contributed by atoms with Crippen molar-refractivity contribution in [3.8, 4) is 0 Å². The Morgan fingerprint density at radius 3 is 2.56 bits per heavy atom. The van der Waals surface area contributed by atoms with E-state index in [0.717, 1.165) is 5.01 Å². The standard InChI is InChI=1S/C4H6N2OS2/c1-2-3(7)6(5)4(8)9-2/h2H,5H2,1H3/t2-/m1/s1. The van der Waals surface area contributed by atoms with Crippen LogP contribution in [0.25, 0.3) is 0 Å². The minimum absolute atomic E-state index is 0.0949. The summed E-state index contributed by atoms with van der Waals surface area (Å²) in [5.41, 5.74) is 0. The van der Waals surface area contributed by atoms with Crippen molar-refractivity contribution in [3.63, 3.8) is 0 Å². The van der Waals surface area contributed by atoms with Crippen LogP contribution in [0.1, 0.15) is 6.92 Å². The van der Waals surface area contributed by atoms with Crippen molar-refractivity contribution < 1.29 is 4.79 Å². The van der Waals surface area contributed by atoms with Crippen LogP contribution in [0.3, 0.4) is 0 Å². The van der Waals surface area contributed by atoms with Gasteiger partial charge in [-0.3, -0.25) is 4.79 Å². The Morgan fingerprint density at radius 1 is 1.89 bits per heavy atom. The molecule has 0 aromatic heterocycles. The first-order chi connectivity index (χ1) is 4.13. The van der Waals surface area contributed by atoms with Crippen molar-refractivity contribution in [3.05, 3.63) is 0 Å². The lowest BCUT2D eigenvalue weighted by molar-refractivity contribution is -0.125. The first-order valence-electron chi connectivity index (χ1n) is 2.42. The molecular weight excluding hydrogens is 156 g/mol. The van der Waals surface area contributed by atoms with E-state index >= 15 is 0 Å². The molecule has 0 radical (unpaired) electrons. The molecule has 1 heterocycles. The normalized spacial score (nSPS) is 27.8. The van der Waals surface area contributed by atoms with Gasteiger partial charge in [-0.1, -0.05) is 24.0 Å². The van der Waals surface area contributed by atoms with E-state index in [2.05, 4.69) is 0 Å². The summed E-state index contributed by atoms with van der Waals surface area (Å²) in [5.74, 6) is 5.13. The molecule has 0 aliphatic carbocycles. The first-order valence-corrected chi connectivity index (χ1v) is 3.71. The molecular formula is C4H6N2OS2. The Morgan fingerprint density at radius 2 is 2.44 bits per heavy atom. The topological polar surface area (TPSA) is 46.3 Å². The van der Waals surface area contributed by atoms with Gasteiger partial charge in [-0.25, -0.2) is 10.9 Å². The number of thioether (sulfide) groups is 1. The minimum atomic E-state index is -0.106. The molecule has 2 N–H and O–H groups in total. The van der Waals surface area contributed by atoms with Crippen LogP contribution < -0.4 is 5.84 Å². The zero-order chi connectivity index (χ0) is 7.02. The molecule has 0 aromatic rings. The summed E-state index contributed by atoms with van der Waals surface area (Å²) < 4.78 is 0.465. The second-order valence-corrected chi connectivity index (χ2v) is 3.71. The summed E-state index contributed by atoms with van der Waals surface area (Å²) in [6.07, 6.45) is 0. The van der Waals surface area contributed by atoms with Gasteiger partial charge in [0, 0.05) is 0 Å². The van der Waals surface area contributed by atoms with Gasteiger partial charge in [0.15, 0.2) is 4.32 Å². The number of hydrogen-bond donors (Lipinski definition) is 1. The molecule has 1 fully saturated rings. The van der Waals surface area contributed by atoms with Gasteiger partial charge in [-0.05, 0) is 6.92 Å². The summed E-state index contributed by atoms with van der Waals surface area (Å²) >= 11 is 6.06. The van der Waals surface area contributed by atoms with Gasteiger partial charge >= 0.3 is 0 Å². The zero-order valence-corrected chi connectivity index (χ0v) is 6.46. The molecule has 1 saturated heterocycles. The molecule has 3 nitrogen and oxygen atoms in total. The van der Waals surface area contributed by atoms with Crippen LogP contribution in [-0.4, -0.2) is 20.5 Å². The Labute approximate surface area is 62.5 Å². The van der Waals surface area contributed by atoms with Crippen molar-refractivity contribution in [2.75, 3.05) is 0 Å². The lowest BCUT2D eigenvalue weighted by Gasteiger charge is -2.03. The summed E-state index contributed by atoms with van der Waals surface area (Å²) in [6.45, 7) is 1.78. The molecule has 1 rings (SSSR count). The lowest BCUT2D eigenvalue weighted by Crippen LogP contribution is -2.36. The number of nitrogens with zero attached hydrogens (tertiary/aromatic N) is 1. The average molecular weight is 162 g/mol. The molecule has 0 saturated carbocycles. The van der Waals surface area contributed by atoms with Gasteiger partial charge in [0.25, 0.3) is 5.91 Å². The van der Waals surface area contributed by atoms with Gasteiger partial charge in [0.05, 0.1) is 5.25 Å². The highest BCUT2D eigenvalue weighted by Gasteiger charge is 2.31. The van der Waals surface area contributed by atoms with Crippen LogP contribution in [0.2, 0.25) is 0 Å². The van der Waals surface area contributed by atoms with Crippen molar-refractivity contribution >= 4 is 34.2 Å². The summed E-state index contributed by atoms with van der Waals surface area (Å²) in [6, 6.07) is 0. The maximum absolute atomic E-state index is 10.8. The van der Waals surface area contributed by atoms with Crippen molar-refractivity contribution in [1.82, 2.24) is 5.01 Å². The van der Waals surface area contributed by atoms with E-state index in [9.17, 15) is 4.79 Å². The second kappa shape index (κ2) is 2.24. The van der Waals surface area contributed by atoms with E-state index in [-0.39, 0.29) is 11.2 Å². The van der Waals surface area contributed by atoms with Crippen molar-refractivity contribution in [2.24, 2.45) is 5.84 Å². The third kappa shape index (κ3) is 1.08. The SMILES string of the molecule is C[C@H]1SC(=S)N(N)C1=O. The fraction of sp³-hybridized carbons (Fsp3) is 0.500. The summed E-state index contributed by atoms with van der Waals surface area (Å²) in [4.78, 5) is 10.8. The fourth-order valence-corrected chi connectivity index (χ4v) is 1.79. The average Bonchev–Trinajstić information content (AvgIpc) is 1.98. The van der Waals surface area contributed by atoms with Crippen molar-refractivity contribution in [2.45, 2.75) is 12.2 Å². The third-order valence-electron chi connectivity index (χ3n) is 1.06. The maximum Gasteiger partial charge on any atom is 0.255 e. The van der Waals surface area contributed by atoms with Crippen LogP contribution in [0.15, 0.2) is 0 Å². The summed E-state index contributed by atoms with van der Waals surface area (Å²) in [7, 11) is 0. The van der Waals surface area contributed by atoms with E-state index in [1.165, 1.54) is 11.8 Å². The monoisotopic (exact) mass is 162 g/mol. The second-order valence-electron chi connectivity index (χ2n) is 1.73. The maximum atomic E-state index is 10.8. The fourth-order valence-electron chi connectivity index (χ4n) is 0.544. The largest absolute Gasteiger partial charge is 0.272 e. The van der Waals surface area contributed by atoms with Crippen LogP contribution in [0, 0.1) is 0 Å². The molecule has 1 aliphatic heterocycles. The van der Waals surface area contributed by atoms with E-state index < -0.39 is 0 Å². The molecule has 1 amide bonds. The number of hydrogen-bond acceptors (Lipinski definition) is 4. The van der Waals surface area contributed by atoms with E-state index in [1.807, 2.05) is 0 Å². The lowest BCUT2D eigenvalue weighted by atomic mass is 10.4. The minimum Gasteiger partial charge on any atom is -0.272 e. The summed E-state index contributed by atoms with van der Waals surface area (Å²) in [5, 5.41) is 0.924. The molecule has 1 atom stereocenters. The van der Waals surface area contributed by atoms with Crippen LogP contribution in [-0.2, 0) is 4.79 Å². The number of thiocarbonyl (C=S) groups is 1. The van der Waals surface area contributed by atoms with Crippen LogP contribution >= 0.6 is 24.0 Å². The van der Waals surface area contributed by atoms with E-state index in [4.69, 9.17) is 18.1 Å². The highest BCUT2D eigenvalue weighted by atomic mass is 32.2. The van der Waals surface area contributed by atoms with E-state index in [1.54, 1.807) is 6.92 Å². The quantitative estimate of drug-likeness (QED) is 0.312. The van der Waals surface area contributed by atoms with Crippen molar-refractivity contribution in [1.29, 1.82) is 0 Å². The molecule has 0 bridgehead atoms. The number of amides is 1. The highest BCUT2D eigenvalue weighted by molar-refractivity contribution is 8.24. The van der Waals surface area contributed by atoms with Crippen LogP contribution in [0.4, 0.5) is 0 Å². The molecule has 0 spiro atoms.